The second kappa shape index (κ2) is 4.63. The fourth-order valence-electron chi connectivity index (χ4n) is 2.57. The number of hydrogen-bond acceptors (Lipinski definition) is 5. The van der Waals surface area contributed by atoms with Gasteiger partial charge in [-0.2, -0.15) is 0 Å². The lowest BCUT2D eigenvalue weighted by atomic mass is 10.2. The Morgan fingerprint density at radius 2 is 1.91 bits per heavy atom. The van der Waals surface area contributed by atoms with Crippen LogP contribution in [-0.2, 0) is 16.9 Å². The van der Waals surface area contributed by atoms with Crippen molar-refractivity contribution in [2.24, 2.45) is 7.05 Å². The molecular formula is C15H13N5O2S. The first-order chi connectivity index (χ1) is 10.9. The Bertz CT molecular complexity index is 1160. The van der Waals surface area contributed by atoms with E-state index in [2.05, 4.69) is 15.1 Å². The molecule has 0 spiro atoms. The van der Waals surface area contributed by atoms with E-state index in [9.17, 15) is 8.42 Å². The van der Waals surface area contributed by atoms with Gasteiger partial charge in [-0.15, -0.1) is 5.10 Å². The molecule has 0 saturated carbocycles. The molecule has 0 radical (unpaired) electrons. The standard InChI is InChI=1S/C15H13N5O2S/c1-19-6-5-10-7-11(8-16-14(10)19)13-4-3-12-9-17-15(18-20(12)13)23(2,21)22/h3-9H,1-2H3. The van der Waals surface area contributed by atoms with Crippen LogP contribution in [0, 0.1) is 0 Å². The van der Waals surface area contributed by atoms with E-state index < -0.39 is 9.84 Å². The van der Waals surface area contributed by atoms with Crippen molar-refractivity contribution in [3.8, 4) is 11.3 Å². The van der Waals surface area contributed by atoms with Gasteiger partial charge in [0.15, 0.2) is 0 Å². The highest BCUT2D eigenvalue weighted by Gasteiger charge is 2.14. The van der Waals surface area contributed by atoms with E-state index >= 15 is 0 Å². The zero-order valence-electron chi connectivity index (χ0n) is 12.5. The fourth-order valence-corrected chi connectivity index (χ4v) is 3.04. The molecule has 0 unspecified atom stereocenters. The SMILES string of the molecule is Cn1ccc2cc(-c3ccc4cnc(S(C)(=O)=O)nn34)cnc21. The Hall–Kier alpha value is -2.74. The minimum Gasteiger partial charge on any atom is -0.336 e. The molecule has 4 aromatic rings. The Labute approximate surface area is 132 Å². The summed E-state index contributed by atoms with van der Waals surface area (Å²) in [6, 6.07) is 7.71. The van der Waals surface area contributed by atoms with Crippen LogP contribution in [0.25, 0.3) is 27.8 Å². The van der Waals surface area contributed by atoms with Crippen molar-refractivity contribution >= 4 is 26.4 Å². The van der Waals surface area contributed by atoms with Crippen molar-refractivity contribution in [2.75, 3.05) is 6.26 Å². The van der Waals surface area contributed by atoms with Gasteiger partial charge in [-0.25, -0.2) is 22.9 Å². The van der Waals surface area contributed by atoms with Crippen molar-refractivity contribution in [2.45, 2.75) is 5.16 Å². The third-order valence-electron chi connectivity index (χ3n) is 3.71. The fraction of sp³-hybridized carbons (Fsp3) is 0.133. The summed E-state index contributed by atoms with van der Waals surface area (Å²) in [6.45, 7) is 0. The molecule has 0 amide bonds. The van der Waals surface area contributed by atoms with Crippen LogP contribution in [0.5, 0.6) is 0 Å². The van der Waals surface area contributed by atoms with Crippen LogP contribution in [0.4, 0.5) is 0 Å². The van der Waals surface area contributed by atoms with Gasteiger partial charge in [0.05, 0.1) is 17.4 Å². The van der Waals surface area contributed by atoms with Gasteiger partial charge in [0, 0.05) is 36.6 Å². The minimum atomic E-state index is -3.46. The third kappa shape index (κ3) is 2.18. The Morgan fingerprint density at radius 1 is 1.09 bits per heavy atom. The summed E-state index contributed by atoms with van der Waals surface area (Å²) in [4.78, 5) is 8.36. The van der Waals surface area contributed by atoms with E-state index in [1.807, 2.05) is 42.1 Å². The molecule has 0 bridgehead atoms. The second-order valence-corrected chi connectivity index (χ2v) is 7.34. The highest BCUT2D eigenvalue weighted by atomic mass is 32.2. The summed E-state index contributed by atoms with van der Waals surface area (Å²) >= 11 is 0. The quantitative estimate of drug-likeness (QED) is 0.559. The van der Waals surface area contributed by atoms with Crippen LogP contribution < -0.4 is 0 Å². The van der Waals surface area contributed by atoms with Crippen LogP contribution in [-0.4, -0.2) is 38.8 Å². The molecule has 4 rings (SSSR count). The number of hydrogen-bond donors (Lipinski definition) is 0. The van der Waals surface area contributed by atoms with E-state index in [0.29, 0.717) is 0 Å². The maximum absolute atomic E-state index is 11.7. The number of sulfone groups is 1. The highest BCUT2D eigenvalue weighted by molar-refractivity contribution is 7.90. The molecule has 0 fully saturated rings. The van der Waals surface area contributed by atoms with Crippen molar-refractivity contribution in [3.63, 3.8) is 0 Å². The molecule has 4 heterocycles. The smallest absolute Gasteiger partial charge is 0.265 e. The van der Waals surface area contributed by atoms with Gasteiger partial charge >= 0.3 is 0 Å². The Kier molecular flexibility index (Phi) is 2.79. The summed E-state index contributed by atoms with van der Waals surface area (Å²) in [6.07, 6.45) is 6.30. The Balaban J connectivity index is 1.96. The van der Waals surface area contributed by atoms with Gasteiger partial charge in [0.25, 0.3) is 5.16 Å². The summed E-state index contributed by atoms with van der Waals surface area (Å²) in [5, 5.41) is 4.97. The summed E-state index contributed by atoms with van der Waals surface area (Å²) in [7, 11) is -1.53. The monoisotopic (exact) mass is 327 g/mol. The lowest BCUT2D eigenvalue weighted by Crippen LogP contribution is -2.08. The molecule has 7 nitrogen and oxygen atoms in total. The number of aryl methyl sites for hydroxylation is 1. The topological polar surface area (TPSA) is 82.1 Å². The molecule has 0 aliphatic rings. The first-order valence-corrected chi connectivity index (χ1v) is 8.79. The molecule has 0 saturated heterocycles. The second-order valence-electron chi connectivity index (χ2n) is 5.43. The largest absolute Gasteiger partial charge is 0.336 e. The normalized spacial score (nSPS) is 12.3. The molecule has 23 heavy (non-hydrogen) atoms. The van der Waals surface area contributed by atoms with Gasteiger partial charge in [-0.05, 0) is 24.3 Å². The zero-order valence-corrected chi connectivity index (χ0v) is 13.3. The highest BCUT2D eigenvalue weighted by Crippen LogP contribution is 2.24. The van der Waals surface area contributed by atoms with Gasteiger partial charge in [0.1, 0.15) is 5.65 Å². The molecule has 0 aliphatic carbocycles. The van der Waals surface area contributed by atoms with Gasteiger partial charge in [0.2, 0.25) is 9.84 Å². The predicted molar refractivity (Wildman–Crippen MR) is 85.8 cm³/mol. The molecule has 0 atom stereocenters. The van der Waals surface area contributed by atoms with Crippen LogP contribution >= 0.6 is 0 Å². The number of fused-ring (bicyclic) bond motifs is 2. The summed E-state index contributed by atoms with van der Waals surface area (Å²) in [5.41, 5.74) is 3.24. The Morgan fingerprint density at radius 3 is 2.70 bits per heavy atom. The van der Waals surface area contributed by atoms with Gasteiger partial charge < -0.3 is 4.57 Å². The van der Waals surface area contributed by atoms with E-state index in [1.54, 1.807) is 10.7 Å². The van der Waals surface area contributed by atoms with E-state index in [4.69, 9.17) is 0 Å². The average Bonchev–Trinajstić information content (AvgIpc) is 3.09. The summed E-state index contributed by atoms with van der Waals surface area (Å²) < 4.78 is 26.9. The lowest BCUT2D eigenvalue weighted by molar-refractivity contribution is 0.587. The van der Waals surface area contributed by atoms with E-state index in [-0.39, 0.29) is 5.16 Å². The molecule has 8 heteroatoms. The van der Waals surface area contributed by atoms with Gasteiger partial charge in [-0.3, -0.25) is 0 Å². The number of rotatable bonds is 2. The molecule has 4 aromatic heterocycles. The van der Waals surface area contributed by atoms with E-state index in [0.717, 1.165) is 34.1 Å². The van der Waals surface area contributed by atoms with Crippen molar-refractivity contribution in [1.29, 1.82) is 0 Å². The maximum Gasteiger partial charge on any atom is 0.265 e. The lowest BCUT2D eigenvalue weighted by Gasteiger charge is -2.04. The average molecular weight is 327 g/mol. The van der Waals surface area contributed by atoms with Crippen molar-refractivity contribution in [3.05, 3.63) is 42.9 Å². The molecule has 0 aliphatic heterocycles. The number of pyridine rings is 1. The molecule has 0 aromatic carbocycles. The molecule has 116 valence electrons. The number of aromatic nitrogens is 5. The van der Waals surface area contributed by atoms with Crippen molar-refractivity contribution in [1.82, 2.24) is 24.1 Å². The maximum atomic E-state index is 11.7. The molecule has 0 N–H and O–H groups in total. The minimum absolute atomic E-state index is 0.198. The summed E-state index contributed by atoms with van der Waals surface area (Å²) in [5.74, 6) is 0. The van der Waals surface area contributed by atoms with Gasteiger partial charge in [-0.1, -0.05) is 0 Å². The molecular weight excluding hydrogens is 314 g/mol. The van der Waals surface area contributed by atoms with Crippen LogP contribution in [0.15, 0.2) is 48.0 Å². The number of nitrogens with zero attached hydrogens (tertiary/aromatic N) is 5. The van der Waals surface area contributed by atoms with E-state index in [1.165, 1.54) is 6.20 Å². The first-order valence-electron chi connectivity index (χ1n) is 6.90. The van der Waals surface area contributed by atoms with Crippen LogP contribution in [0.3, 0.4) is 0 Å². The van der Waals surface area contributed by atoms with Crippen LogP contribution in [0.1, 0.15) is 0 Å². The predicted octanol–water partition coefficient (Wildman–Crippen LogP) is 1.69. The first kappa shape index (κ1) is 13.9. The zero-order chi connectivity index (χ0) is 16.2. The van der Waals surface area contributed by atoms with Crippen LogP contribution in [0.2, 0.25) is 0 Å². The van der Waals surface area contributed by atoms with Crippen molar-refractivity contribution < 1.29 is 8.42 Å². The third-order valence-corrected chi connectivity index (χ3v) is 4.56.